The Bertz CT molecular complexity index is 297. The highest BCUT2D eigenvalue weighted by Crippen LogP contribution is 2.05. The van der Waals surface area contributed by atoms with Crippen LogP contribution in [-0.4, -0.2) is 24.6 Å². The summed E-state index contributed by atoms with van der Waals surface area (Å²) < 4.78 is 9.75. The first kappa shape index (κ1) is 18.7. The van der Waals surface area contributed by atoms with Gasteiger partial charge >= 0.3 is 11.9 Å². The monoisotopic (exact) mass is 284 g/mol. The molecule has 0 saturated heterocycles. The number of carbonyl (C=O) groups is 2. The lowest BCUT2D eigenvalue weighted by Crippen LogP contribution is -2.26. The minimum absolute atomic E-state index is 0.295. The second kappa shape index (κ2) is 12.7. The van der Waals surface area contributed by atoms with Crippen molar-refractivity contribution >= 4 is 11.9 Å². The molecule has 0 aliphatic heterocycles. The van der Waals surface area contributed by atoms with Gasteiger partial charge in [0, 0.05) is 6.42 Å². The zero-order valence-corrected chi connectivity index (χ0v) is 13.0. The molecule has 0 saturated carbocycles. The van der Waals surface area contributed by atoms with E-state index in [2.05, 4.69) is 19.1 Å². The van der Waals surface area contributed by atoms with Gasteiger partial charge in [0.1, 0.15) is 0 Å². The average Bonchev–Trinajstić information content (AvgIpc) is 2.42. The molecule has 0 spiro atoms. The topological polar surface area (TPSA) is 52.6 Å². The van der Waals surface area contributed by atoms with Gasteiger partial charge in [-0.1, -0.05) is 31.9 Å². The van der Waals surface area contributed by atoms with Crippen LogP contribution in [0.25, 0.3) is 0 Å². The van der Waals surface area contributed by atoms with Gasteiger partial charge < -0.3 is 9.47 Å². The van der Waals surface area contributed by atoms with Crippen molar-refractivity contribution in [3.63, 3.8) is 0 Å². The van der Waals surface area contributed by atoms with Gasteiger partial charge in [0.25, 0.3) is 0 Å². The van der Waals surface area contributed by atoms with Crippen LogP contribution < -0.4 is 0 Å². The van der Waals surface area contributed by atoms with Gasteiger partial charge in [-0.25, -0.2) is 4.79 Å². The van der Waals surface area contributed by atoms with Crippen LogP contribution in [0.3, 0.4) is 0 Å². The lowest BCUT2D eigenvalue weighted by atomic mass is 10.1. The summed E-state index contributed by atoms with van der Waals surface area (Å²) in [4.78, 5) is 22.8. The number of ether oxygens (including phenoxy) is 2. The van der Waals surface area contributed by atoms with Crippen LogP contribution in [0.2, 0.25) is 0 Å². The lowest BCUT2D eigenvalue weighted by molar-refractivity contribution is -0.166. The van der Waals surface area contributed by atoms with E-state index in [1.807, 2.05) is 0 Å². The molecular weight excluding hydrogens is 256 g/mol. The van der Waals surface area contributed by atoms with E-state index in [4.69, 9.17) is 9.47 Å². The summed E-state index contributed by atoms with van der Waals surface area (Å²) in [6.07, 6.45) is 10.3. The Morgan fingerprint density at radius 2 is 1.70 bits per heavy atom. The summed E-state index contributed by atoms with van der Waals surface area (Å²) in [5.41, 5.74) is 0. The summed E-state index contributed by atoms with van der Waals surface area (Å²) in [6, 6.07) is 0. The van der Waals surface area contributed by atoms with Crippen molar-refractivity contribution in [2.45, 2.75) is 71.8 Å². The maximum atomic E-state index is 11.5. The number of allylic oxidation sites excluding steroid dienone is 2. The second-order valence-corrected chi connectivity index (χ2v) is 4.74. The van der Waals surface area contributed by atoms with E-state index in [-0.39, 0.29) is 5.97 Å². The van der Waals surface area contributed by atoms with E-state index in [1.54, 1.807) is 6.92 Å². The largest absolute Gasteiger partial charge is 0.463 e. The van der Waals surface area contributed by atoms with Crippen LogP contribution in [0.15, 0.2) is 12.2 Å². The minimum Gasteiger partial charge on any atom is -0.463 e. The molecule has 116 valence electrons. The Morgan fingerprint density at radius 1 is 1.05 bits per heavy atom. The van der Waals surface area contributed by atoms with E-state index in [1.165, 1.54) is 26.2 Å². The molecule has 0 radical (unpaired) electrons. The highest BCUT2D eigenvalue weighted by atomic mass is 16.6. The first-order valence-corrected chi connectivity index (χ1v) is 7.62. The van der Waals surface area contributed by atoms with Crippen molar-refractivity contribution in [3.05, 3.63) is 12.2 Å². The highest BCUT2D eigenvalue weighted by molar-refractivity contribution is 5.78. The summed E-state index contributed by atoms with van der Waals surface area (Å²) in [6.45, 7) is 5.74. The predicted octanol–water partition coefficient (Wildman–Crippen LogP) is 3.79. The van der Waals surface area contributed by atoms with Crippen LogP contribution in [0.1, 0.15) is 65.7 Å². The summed E-state index contributed by atoms with van der Waals surface area (Å²) >= 11 is 0. The Kier molecular flexibility index (Phi) is 11.9. The van der Waals surface area contributed by atoms with Gasteiger partial charge in [-0.2, -0.15) is 0 Å². The molecule has 0 amide bonds. The highest BCUT2D eigenvalue weighted by Gasteiger charge is 2.18. The number of hydrogen-bond donors (Lipinski definition) is 0. The number of rotatable bonds is 11. The van der Waals surface area contributed by atoms with E-state index in [0.29, 0.717) is 13.0 Å². The van der Waals surface area contributed by atoms with E-state index >= 15 is 0 Å². The molecule has 0 aromatic heterocycles. The third kappa shape index (κ3) is 10.6. The fraction of sp³-hybridized carbons (Fsp3) is 0.750. The molecule has 0 N–H and O–H groups in total. The van der Waals surface area contributed by atoms with Crippen molar-refractivity contribution in [3.8, 4) is 0 Å². The van der Waals surface area contributed by atoms with Gasteiger partial charge in [0.2, 0.25) is 0 Å². The van der Waals surface area contributed by atoms with Gasteiger partial charge in [-0.3, -0.25) is 4.79 Å². The van der Waals surface area contributed by atoms with Crippen molar-refractivity contribution in [2.24, 2.45) is 0 Å². The molecule has 1 atom stereocenters. The molecule has 4 nitrogen and oxygen atoms in total. The maximum absolute atomic E-state index is 11.5. The standard InChI is InChI=1S/C16H28O4/c1-4-6-7-8-9-10-11-12-13-15(17)20-14(3)16(18)19-5-2/h9-10,14H,4-8,11-13H2,1-3H3/b10-9-. The SMILES string of the molecule is CCCCC/C=C\CCCC(=O)OC(C)C(=O)OCC. The molecule has 0 aliphatic carbocycles. The van der Waals surface area contributed by atoms with Gasteiger partial charge in [0.05, 0.1) is 6.61 Å². The molecular formula is C16H28O4. The van der Waals surface area contributed by atoms with E-state index in [9.17, 15) is 9.59 Å². The predicted molar refractivity (Wildman–Crippen MR) is 79.3 cm³/mol. The molecule has 4 heteroatoms. The zero-order chi connectivity index (χ0) is 15.2. The third-order valence-corrected chi connectivity index (χ3v) is 2.82. The first-order chi connectivity index (χ1) is 9.61. The molecule has 20 heavy (non-hydrogen) atoms. The first-order valence-electron chi connectivity index (χ1n) is 7.62. The molecule has 0 bridgehead atoms. The zero-order valence-electron chi connectivity index (χ0n) is 13.0. The van der Waals surface area contributed by atoms with Gasteiger partial charge in [0.15, 0.2) is 6.10 Å². The van der Waals surface area contributed by atoms with Crippen molar-refractivity contribution in [1.29, 1.82) is 0 Å². The summed E-state index contributed by atoms with van der Waals surface area (Å²) in [5, 5.41) is 0. The van der Waals surface area contributed by atoms with Crippen molar-refractivity contribution in [2.75, 3.05) is 6.61 Å². The fourth-order valence-electron chi connectivity index (χ4n) is 1.68. The van der Waals surface area contributed by atoms with Crippen LogP contribution in [0.4, 0.5) is 0 Å². The third-order valence-electron chi connectivity index (χ3n) is 2.82. The summed E-state index contributed by atoms with van der Waals surface area (Å²) in [7, 11) is 0. The second-order valence-electron chi connectivity index (χ2n) is 4.74. The molecule has 1 unspecified atom stereocenters. The van der Waals surface area contributed by atoms with E-state index < -0.39 is 12.1 Å². The molecule has 0 rings (SSSR count). The van der Waals surface area contributed by atoms with Crippen LogP contribution in [0.5, 0.6) is 0 Å². The van der Waals surface area contributed by atoms with E-state index in [0.717, 1.165) is 19.3 Å². The van der Waals surface area contributed by atoms with Crippen molar-refractivity contribution in [1.82, 2.24) is 0 Å². The molecule has 0 aromatic rings. The lowest BCUT2D eigenvalue weighted by Gasteiger charge is -2.11. The Labute approximate surface area is 122 Å². The Balaban J connectivity index is 3.60. The molecule has 0 aliphatic rings. The molecule has 0 heterocycles. The number of hydrogen-bond acceptors (Lipinski definition) is 4. The Morgan fingerprint density at radius 3 is 2.30 bits per heavy atom. The van der Waals surface area contributed by atoms with Crippen LogP contribution in [-0.2, 0) is 19.1 Å². The number of esters is 2. The number of carbonyl (C=O) groups excluding carboxylic acids is 2. The van der Waals surface area contributed by atoms with Crippen LogP contribution >= 0.6 is 0 Å². The normalized spacial score (nSPS) is 12.3. The molecule has 0 aromatic carbocycles. The summed E-state index contributed by atoms with van der Waals surface area (Å²) in [5.74, 6) is -0.832. The van der Waals surface area contributed by atoms with Crippen LogP contribution in [0, 0.1) is 0 Å². The number of unbranched alkanes of at least 4 members (excludes halogenated alkanes) is 4. The fourth-order valence-corrected chi connectivity index (χ4v) is 1.68. The quantitative estimate of drug-likeness (QED) is 0.329. The van der Waals surface area contributed by atoms with Crippen molar-refractivity contribution < 1.29 is 19.1 Å². The van der Waals surface area contributed by atoms with Gasteiger partial charge in [-0.05, 0) is 39.5 Å². The smallest absolute Gasteiger partial charge is 0.347 e. The Hall–Kier alpha value is -1.32. The maximum Gasteiger partial charge on any atom is 0.347 e. The van der Waals surface area contributed by atoms with Gasteiger partial charge in [-0.15, -0.1) is 0 Å². The average molecular weight is 284 g/mol. The molecule has 0 fully saturated rings. The minimum atomic E-state index is -0.813.